The lowest BCUT2D eigenvalue weighted by atomic mass is 10.0. The van der Waals surface area contributed by atoms with Gasteiger partial charge in [-0.1, -0.05) is 0 Å². The highest BCUT2D eigenvalue weighted by Gasteiger charge is 2.61. The number of carboxylic acids is 1. The average Bonchev–Trinajstić information content (AvgIpc) is 2.40. The zero-order valence-corrected chi connectivity index (χ0v) is 13.5. The number of hydrogen-bond acceptors (Lipinski definition) is 3. The lowest BCUT2D eigenvalue weighted by molar-refractivity contribution is -0.285. The van der Waals surface area contributed by atoms with Crippen molar-refractivity contribution in [2.24, 2.45) is 0 Å². The van der Waals surface area contributed by atoms with Gasteiger partial charge in [0.25, 0.3) is 0 Å². The molecule has 0 saturated heterocycles. The minimum absolute atomic E-state index is 0.156. The van der Waals surface area contributed by atoms with Crippen molar-refractivity contribution >= 4 is 15.8 Å². The molecular weight excluding hydrogens is 418 g/mol. The standard InChI is InChI=1S/C11H12F10O4S/c1-7(6(22)23,2-3-8(12,13)10(16,17)18)26(24,25)5-4-9(14,15)11(19,20)21/h2-5H2,1H3,(H,22,23). The van der Waals surface area contributed by atoms with Gasteiger partial charge in [-0.15, -0.1) is 0 Å². The van der Waals surface area contributed by atoms with Crippen LogP contribution in [0.3, 0.4) is 0 Å². The van der Waals surface area contributed by atoms with Crippen LogP contribution < -0.4 is 0 Å². The molecule has 0 aliphatic carbocycles. The van der Waals surface area contributed by atoms with Gasteiger partial charge < -0.3 is 5.11 Å². The Labute approximate surface area is 140 Å². The van der Waals surface area contributed by atoms with Gasteiger partial charge in [0, 0.05) is 12.8 Å². The highest BCUT2D eigenvalue weighted by Crippen LogP contribution is 2.42. The molecule has 0 bridgehead atoms. The molecule has 1 unspecified atom stereocenters. The van der Waals surface area contributed by atoms with E-state index >= 15 is 0 Å². The van der Waals surface area contributed by atoms with E-state index in [1.165, 1.54) is 0 Å². The molecule has 0 aromatic carbocycles. The summed E-state index contributed by atoms with van der Waals surface area (Å²) < 4.78 is 144. The second-order valence-electron chi connectivity index (χ2n) is 5.51. The summed E-state index contributed by atoms with van der Waals surface area (Å²) in [5, 5.41) is 8.84. The van der Waals surface area contributed by atoms with Crippen molar-refractivity contribution in [3.05, 3.63) is 0 Å². The van der Waals surface area contributed by atoms with Crippen LogP contribution in [0.5, 0.6) is 0 Å². The fourth-order valence-electron chi connectivity index (χ4n) is 1.56. The van der Waals surface area contributed by atoms with Crippen LogP contribution in [-0.4, -0.2) is 54.2 Å². The van der Waals surface area contributed by atoms with Crippen molar-refractivity contribution in [3.8, 4) is 0 Å². The number of halogens is 10. The molecule has 0 spiro atoms. The van der Waals surface area contributed by atoms with Crippen molar-refractivity contribution in [3.63, 3.8) is 0 Å². The summed E-state index contributed by atoms with van der Waals surface area (Å²) in [6, 6.07) is 0. The second-order valence-corrected chi connectivity index (χ2v) is 8.05. The van der Waals surface area contributed by atoms with Gasteiger partial charge in [-0.3, -0.25) is 4.79 Å². The van der Waals surface area contributed by atoms with Gasteiger partial charge in [0.05, 0.1) is 5.75 Å². The smallest absolute Gasteiger partial charge is 0.453 e. The Morgan fingerprint density at radius 1 is 0.769 bits per heavy atom. The van der Waals surface area contributed by atoms with Crippen molar-refractivity contribution in [2.75, 3.05) is 5.75 Å². The summed E-state index contributed by atoms with van der Waals surface area (Å²) in [6.07, 6.45) is -18.9. The fraction of sp³-hybridized carbons (Fsp3) is 0.909. The van der Waals surface area contributed by atoms with Crippen LogP contribution in [-0.2, 0) is 14.6 Å². The number of rotatable bonds is 8. The summed E-state index contributed by atoms with van der Waals surface area (Å²) in [7, 11) is -5.46. The van der Waals surface area contributed by atoms with Crippen LogP contribution in [0.4, 0.5) is 43.9 Å². The number of carboxylic acid groups (broad SMARTS) is 1. The Morgan fingerprint density at radius 2 is 1.12 bits per heavy atom. The largest absolute Gasteiger partial charge is 0.480 e. The molecule has 0 heterocycles. The molecule has 0 aromatic heterocycles. The first-order valence-electron chi connectivity index (χ1n) is 6.45. The monoisotopic (exact) mass is 430 g/mol. The van der Waals surface area contributed by atoms with Crippen LogP contribution in [0.2, 0.25) is 0 Å². The number of hydrogen-bond donors (Lipinski definition) is 1. The second kappa shape index (κ2) is 7.03. The van der Waals surface area contributed by atoms with Gasteiger partial charge in [-0.05, 0) is 13.3 Å². The molecule has 15 heteroatoms. The highest BCUT2D eigenvalue weighted by atomic mass is 32.2. The third-order valence-electron chi connectivity index (χ3n) is 3.57. The normalized spacial score (nSPS) is 17.0. The third-order valence-corrected chi connectivity index (χ3v) is 6.06. The number of aliphatic carboxylic acids is 1. The molecular formula is C11H12F10O4S. The fourth-order valence-corrected chi connectivity index (χ4v) is 3.22. The number of alkyl halides is 10. The van der Waals surface area contributed by atoms with E-state index in [0.717, 1.165) is 0 Å². The molecule has 0 radical (unpaired) electrons. The van der Waals surface area contributed by atoms with E-state index in [-0.39, 0.29) is 6.92 Å². The molecule has 26 heavy (non-hydrogen) atoms. The Morgan fingerprint density at radius 3 is 1.42 bits per heavy atom. The van der Waals surface area contributed by atoms with E-state index in [2.05, 4.69) is 0 Å². The maximum absolute atomic E-state index is 12.9. The summed E-state index contributed by atoms with van der Waals surface area (Å²) in [5.74, 6) is -15.6. The molecule has 1 N–H and O–H groups in total. The van der Waals surface area contributed by atoms with Gasteiger partial charge in [0.15, 0.2) is 14.6 Å². The molecule has 156 valence electrons. The Bertz CT molecular complexity index is 622. The van der Waals surface area contributed by atoms with Gasteiger partial charge in [-0.2, -0.15) is 43.9 Å². The van der Waals surface area contributed by atoms with Crippen molar-refractivity contribution in [1.82, 2.24) is 0 Å². The van der Waals surface area contributed by atoms with Gasteiger partial charge in [-0.25, -0.2) is 8.42 Å². The maximum atomic E-state index is 12.9. The summed E-state index contributed by atoms with van der Waals surface area (Å²) in [5.41, 5.74) is 0. The molecule has 0 fully saturated rings. The molecule has 1 atom stereocenters. The van der Waals surface area contributed by atoms with Crippen molar-refractivity contribution < 1.29 is 62.2 Å². The topological polar surface area (TPSA) is 71.4 Å². The van der Waals surface area contributed by atoms with E-state index in [1.54, 1.807) is 0 Å². The van der Waals surface area contributed by atoms with Crippen molar-refractivity contribution in [1.29, 1.82) is 0 Å². The number of carbonyl (C=O) groups is 1. The number of sulfone groups is 1. The molecule has 0 amide bonds. The molecule has 0 saturated carbocycles. The Hall–Kier alpha value is -1.28. The lowest BCUT2D eigenvalue weighted by Gasteiger charge is -2.28. The average molecular weight is 430 g/mol. The zero-order chi connectivity index (χ0) is 21.4. The highest BCUT2D eigenvalue weighted by molar-refractivity contribution is 7.93. The van der Waals surface area contributed by atoms with Gasteiger partial charge in [0.2, 0.25) is 0 Å². The summed E-state index contributed by atoms with van der Waals surface area (Å²) >= 11 is 0. The van der Waals surface area contributed by atoms with Gasteiger partial charge in [0.1, 0.15) is 0 Å². The zero-order valence-electron chi connectivity index (χ0n) is 12.7. The first kappa shape index (κ1) is 24.7. The minimum Gasteiger partial charge on any atom is -0.480 e. The molecule has 4 nitrogen and oxygen atoms in total. The lowest BCUT2D eigenvalue weighted by Crippen LogP contribution is -2.49. The van der Waals surface area contributed by atoms with Crippen LogP contribution in [0.1, 0.15) is 26.2 Å². The first-order chi connectivity index (χ1) is 11.1. The SMILES string of the molecule is CC(CCC(F)(F)C(F)(F)F)(C(=O)O)S(=O)(=O)CCC(F)(F)C(F)(F)F. The van der Waals surface area contributed by atoms with Crippen LogP contribution in [0.25, 0.3) is 0 Å². The third kappa shape index (κ3) is 5.13. The van der Waals surface area contributed by atoms with E-state index in [0.29, 0.717) is 0 Å². The maximum Gasteiger partial charge on any atom is 0.453 e. The van der Waals surface area contributed by atoms with E-state index in [1.807, 2.05) is 0 Å². The predicted octanol–water partition coefficient (Wildman–Crippen LogP) is 3.81. The summed E-state index contributed by atoms with van der Waals surface area (Å²) in [4.78, 5) is 11.0. The van der Waals surface area contributed by atoms with E-state index in [4.69, 9.17) is 5.11 Å². The molecule has 0 aliphatic rings. The summed E-state index contributed by atoms with van der Waals surface area (Å²) in [6.45, 7) is 0.156. The molecule has 0 aliphatic heterocycles. The van der Waals surface area contributed by atoms with Crippen molar-refractivity contribution in [2.45, 2.75) is 55.1 Å². The first-order valence-corrected chi connectivity index (χ1v) is 8.11. The van der Waals surface area contributed by atoms with Crippen LogP contribution >= 0.6 is 0 Å². The molecule has 0 aromatic rings. The Balaban J connectivity index is 5.55. The van der Waals surface area contributed by atoms with E-state index in [9.17, 15) is 57.1 Å². The van der Waals surface area contributed by atoms with Crippen LogP contribution in [0, 0.1) is 0 Å². The Kier molecular flexibility index (Phi) is 6.69. The molecule has 0 rings (SSSR count). The van der Waals surface area contributed by atoms with E-state index < -0.39 is 69.8 Å². The predicted molar refractivity (Wildman–Crippen MR) is 65.7 cm³/mol. The minimum atomic E-state index is -6.16. The van der Waals surface area contributed by atoms with Gasteiger partial charge >= 0.3 is 30.2 Å². The quantitative estimate of drug-likeness (QED) is 0.595. The van der Waals surface area contributed by atoms with Crippen LogP contribution in [0.15, 0.2) is 0 Å².